The molecule has 1 aliphatic heterocycles. The molecule has 0 saturated heterocycles. The third-order valence-electron chi connectivity index (χ3n) is 3.40. The largest absolute Gasteiger partial charge is 0.493 e. The molecule has 1 unspecified atom stereocenters. The van der Waals surface area contributed by atoms with E-state index in [-0.39, 0.29) is 5.76 Å². The van der Waals surface area contributed by atoms with Gasteiger partial charge in [0.25, 0.3) is 0 Å². The Kier molecular flexibility index (Phi) is 5.89. The maximum atomic E-state index is 12.2. The van der Waals surface area contributed by atoms with Gasteiger partial charge in [0.15, 0.2) is 29.0 Å². The zero-order valence-electron chi connectivity index (χ0n) is 14.0. The summed E-state index contributed by atoms with van der Waals surface area (Å²) < 4.78 is 15.5. The van der Waals surface area contributed by atoms with Crippen molar-refractivity contribution in [2.45, 2.75) is 6.92 Å². The fourth-order valence-electron chi connectivity index (χ4n) is 2.23. The van der Waals surface area contributed by atoms with Gasteiger partial charge in [0.2, 0.25) is 0 Å². The molecule has 1 aromatic rings. The predicted molar refractivity (Wildman–Crippen MR) is 91.1 cm³/mol. The van der Waals surface area contributed by atoms with E-state index in [4.69, 9.17) is 14.2 Å². The highest BCUT2D eigenvalue weighted by Crippen LogP contribution is 2.28. The molecule has 0 fully saturated rings. The molecule has 0 radical (unpaired) electrons. The fourth-order valence-corrected chi connectivity index (χ4v) is 2.23. The molecule has 0 bridgehead atoms. The number of benzene rings is 1. The minimum atomic E-state index is -1.45. The molecule has 6 nitrogen and oxygen atoms in total. The summed E-state index contributed by atoms with van der Waals surface area (Å²) >= 11 is 0. The van der Waals surface area contributed by atoms with Crippen LogP contribution >= 0.6 is 0 Å². The predicted octanol–water partition coefficient (Wildman–Crippen LogP) is 2.49. The Morgan fingerprint density at radius 3 is 2.72 bits per heavy atom. The van der Waals surface area contributed by atoms with Crippen LogP contribution in [0.1, 0.15) is 12.5 Å². The lowest BCUT2D eigenvalue weighted by atomic mass is 9.96. The van der Waals surface area contributed by atoms with Crippen LogP contribution < -0.4 is 9.47 Å². The molecular formula is C19H18O6. The number of ether oxygens (including phenoxy) is 3. The van der Waals surface area contributed by atoms with Gasteiger partial charge in [-0.15, -0.1) is 0 Å². The molecule has 1 aliphatic rings. The standard InChI is InChI=1S/C19H18O6/c1-4-9-24-16-8-6-13(11-17(16)23-3)5-7-14(20)18-15(21)10-12(2)25-19(18)22/h4-8,10-11,18H,1,9H2,2-3H3/b7-5+. The van der Waals surface area contributed by atoms with Crippen LogP contribution in [0.4, 0.5) is 0 Å². The van der Waals surface area contributed by atoms with Crippen molar-refractivity contribution in [2.24, 2.45) is 5.92 Å². The van der Waals surface area contributed by atoms with Crippen molar-refractivity contribution in [3.8, 4) is 11.5 Å². The first-order valence-corrected chi connectivity index (χ1v) is 7.53. The Morgan fingerprint density at radius 1 is 1.32 bits per heavy atom. The molecule has 0 amide bonds. The highest BCUT2D eigenvalue weighted by molar-refractivity contribution is 6.25. The number of carbonyl (C=O) groups is 3. The number of esters is 1. The Morgan fingerprint density at radius 2 is 2.08 bits per heavy atom. The van der Waals surface area contributed by atoms with Crippen LogP contribution in [0.2, 0.25) is 0 Å². The summed E-state index contributed by atoms with van der Waals surface area (Å²) in [5.41, 5.74) is 0.652. The average Bonchev–Trinajstić information content (AvgIpc) is 2.57. The Labute approximate surface area is 145 Å². The molecule has 0 saturated carbocycles. The summed E-state index contributed by atoms with van der Waals surface area (Å²) in [4.78, 5) is 35.7. The van der Waals surface area contributed by atoms with Crippen LogP contribution in [0.3, 0.4) is 0 Å². The molecule has 0 spiro atoms. The van der Waals surface area contributed by atoms with Crippen molar-refractivity contribution in [1.82, 2.24) is 0 Å². The maximum Gasteiger partial charge on any atom is 0.329 e. The summed E-state index contributed by atoms with van der Waals surface area (Å²) in [7, 11) is 1.50. The number of cyclic esters (lactones) is 1. The minimum absolute atomic E-state index is 0.183. The molecular weight excluding hydrogens is 324 g/mol. The SMILES string of the molecule is C=CCOc1ccc(/C=C/C(=O)C2C(=O)C=C(C)OC2=O)cc1OC. The first-order chi connectivity index (χ1) is 12.0. The fraction of sp³-hybridized carbons (Fsp3) is 0.211. The second-order valence-corrected chi connectivity index (χ2v) is 5.26. The van der Waals surface area contributed by atoms with Crippen LogP contribution in [-0.2, 0) is 19.1 Å². The van der Waals surface area contributed by atoms with Gasteiger partial charge in [-0.3, -0.25) is 14.4 Å². The van der Waals surface area contributed by atoms with E-state index < -0.39 is 23.5 Å². The van der Waals surface area contributed by atoms with Gasteiger partial charge in [0, 0.05) is 6.08 Å². The second-order valence-electron chi connectivity index (χ2n) is 5.26. The summed E-state index contributed by atoms with van der Waals surface area (Å²) in [5.74, 6) is -2.30. The zero-order chi connectivity index (χ0) is 18.4. The zero-order valence-corrected chi connectivity index (χ0v) is 14.0. The van der Waals surface area contributed by atoms with E-state index in [0.29, 0.717) is 23.7 Å². The monoisotopic (exact) mass is 342 g/mol. The lowest BCUT2D eigenvalue weighted by Gasteiger charge is -2.15. The van der Waals surface area contributed by atoms with Gasteiger partial charge in [-0.1, -0.05) is 24.8 Å². The third kappa shape index (κ3) is 4.44. The van der Waals surface area contributed by atoms with Crippen LogP contribution in [0, 0.1) is 5.92 Å². The van der Waals surface area contributed by atoms with Crippen molar-refractivity contribution >= 4 is 23.6 Å². The van der Waals surface area contributed by atoms with E-state index in [1.807, 2.05) is 0 Å². The lowest BCUT2D eigenvalue weighted by Crippen LogP contribution is -2.34. The second kappa shape index (κ2) is 8.10. The molecule has 0 aromatic heterocycles. The van der Waals surface area contributed by atoms with Gasteiger partial charge in [-0.2, -0.15) is 0 Å². The van der Waals surface area contributed by atoms with Crippen molar-refractivity contribution in [1.29, 1.82) is 0 Å². The quantitative estimate of drug-likeness (QED) is 0.328. The third-order valence-corrected chi connectivity index (χ3v) is 3.40. The highest BCUT2D eigenvalue weighted by atomic mass is 16.5. The van der Waals surface area contributed by atoms with Crippen molar-refractivity contribution < 1.29 is 28.6 Å². The van der Waals surface area contributed by atoms with Gasteiger partial charge >= 0.3 is 5.97 Å². The van der Waals surface area contributed by atoms with E-state index in [1.165, 1.54) is 26.2 Å². The number of rotatable bonds is 7. The van der Waals surface area contributed by atoms with E-state index in [9.17, 15) is 14.4 Å². The number of carbonyl (C=O) groups excluding carboxylic acids is 3. The normalized spacial score (nSPS) is 17.0. The van der Waals surface area contributed by atoms with Crippen LogP contribution in [-0.4, -0.2) is 31.3 Å². The number of allylic oxidation sites excluding steroid dienone is 3. The van der Waals surface area contributed by atoms with Gasteiger partial charge < -0.3 is 14.2 Å². The Hall–Kier alpha value is -3.15. The molecule has 1 aromatic carbocycles. The highest BCUT2D eigenvalue weighted by Gasteiger charge is 2.36. The molecule has 1 atom stereocenters. The van der Waals surface area contributed by atoms with Crippen LogP contribution in [0.25, 0.3) is 6.08 Å². The van der Waals surface area contributed by atoms with E-state index in [0.717, 1.165) is 6.08 Å². The van der Waals surface area contributed by atoms with E-state index in [2.05, 4.69) is 6.58 Å². The first-order valence-electron chi connectivity index (χ1n) is 7.53. The maximum absolute atomic E-state index is 12.2. The van der Waals surface area contributed by atoms with Gasteiger partial charge in [-0.05, 0) is 30.7 Å². The number of methoxy groups -OCH3 is 1. The van der Waals surface area contributed by atoms with E-state index >= 15 is 0 Å². The topological polar surface area (TPSA) is 78.9 Å². The number of hydrogen-bond acceptors (Lipinski definition) is 6. The number of ketones is 2. The smallest absolute Gasteiger partial charge is 0.329 e. The molecule has 0 N–H and O–H groups in total. The average molecular weight is 342 g/mol. The van der Waals surface area contributed by atoms with Gasteiger partial charge in [0.1, 0.15) is 12.4 Å². The van der Waals surface area contributed by atoms with Crippen LogP contribution in [0.15, 0.2) is 48.8 Å². The molecule has 0 aliphatic carbocycles. The number of hydrogen-bond donors (Lipinski definition) is 0. The van der Waals surface area contributed by atoms with Crippen molar-refractivity contribution in [2.75, 3.05) is 13.7 Å². The van der Waals surface area contributed by atoms with Crippen molar-refractivity contribution in [3.63, 3.8) is 0 Å². The molecule has 25 heavy (non-hydrogen) atoms. The Balaban J connectivity index is 2.15. The summed E-state index contributed by atoms with van der Waals surface area (Å²) in [6.07, 6.45) is 5.43. The van der Waals surface area contributed by atoms with Gasteiger partial charge in [0.05, 0.1) is 7.11 Å². The molecule has 2 rings (SSSR count). The summed E-state index contributed by atoms with van der Waals surface area (Å²) in [6, 6.07) is 5.08. The summed E-state index contributed by atoms with van der Waals surface area (Å²) in [5, 5.41) is 0. The lowest BCUT2D eigenvalue weighted by molar-refractivity contribution is -0.151. The molecule has 130 valence electrons. The molecule has 6 heteroatoms. The molecule has 1 heterocycles. The van der Waals surface area contributed by atoms with Gasteiger partial charge in [-0.25, -0.2) is 0 Å². The van der Waals surface area contributed by atoms with Crippen molar-refractivity contribution in [3.05, 3.63) is 54.3 Å². The summed E-state index contributed by atoms with van der Waals surface area (Å²) in [6.45, 7) is 5.39. The van der Waals surface area contributed by atoms with E-state index in [1.54, 1.807) is 24.3 Å². The minimum Gasteiger partial charge on any atom is -0.493 e. The Bertz CT molecular complexity index is 772. The first kappa shape index (κ1) is 18.2. The van der Waals surface area contributed by atoms with Crippen LogP contribution in [0.5, 0.6) is 11.5 Å².